The zero-order chi connectivity index (χ0) is 16.4. The molecule has 0 radical (unpaired) electrons. The van der Waals surface area contributed by atoms with Gasteiger partial charge in [0.15, 0.2) is 5.82 Å². The Bertz CT molecular complexity index is 755. The second-order valence-electron chi connectivity index (χ2n) is 4.87. The number of anilines is 1. The van der Waals surface area contributed by atoms with E-state index in [1.165, 1.54) is 16.0 Å². The number of amides is 2. The number of carbonyl (C=O) groups excluding carboxylic acids is 2. The van der Waals surface area contributed by atoms with Crippen molar-refractivity contribution in [1.82, 2.24) is 19.9 Å². The van der Waals surface area contributed by atoms with Gasteiger partial charge in [-0.05, 0) is 22.0 Å². The lowest BCUT2D eigenvalue weighted by Gasteiger charge is -2.32. The number of rotatable bonds is 2. The monoisotopic (exact) mass is 379 g/mol. The molecule has 0 N–H and O–H groups in total. The van der Waals surface area contributed by atoms with Crippen LogP contribution >= 0.6 is 15.9 Å². The average molecular weight is 380 g/mol. The zero-order valence-corrected chi connectivity index (χ0v) is 13.4. The zero-order valence-electron chi connectivity index (χ0n) is 11.8. The van der Waals surface area contributed by atoms with Crippen LogP contribution < -0.4 is 4.90 Å². The molecule has 1 fully saturated rings. The van der Waals surface area contributed by atoms with Crippen molar-refractivity contribution in [3.63, 3.8) is 0 Å². The molecule has 2 amide bonds. The number of hydrogen-bond donors (Lipinski definition) is 0. The molecule has 3 heterocycles. The Labute approximate surface area is 139 Å². The van der Waals surface area contributed by atoms with Crippen molar-refractivity contribution in [3.8, 4) is 0 Å². The Morgan fingerprint density at radius 3 is 2.57 bits per heavy atom. The fourth-order valence-corrected chi connectivity index (χ4v) is 2.58. The maximum Gasteiger partial charge on any atom is 0.255 e. The molecule has 0 spiro atoms. The summed E-state index contributed by atoms with van der Waals surface area (Å²) in [5.74, 6) is -1.03. The first-order valence-corrected chi connectivity index (χ1v) is 7.51. The lowest BCUT2D eigenvalue weighted by atomic mass is 10.2. The van der Waals surface area contributed by atoms with E-state index < -0.39 is 5.82 Å². The number of carbonyl (C=O) groups is 2. The molecule has 2 aromatic rings. The molecular weight excluding hydrogens is 369 g/mol. The maximum atomic E-state index is 12.8. The average Bonchev–Trinajstić information content (AvgIpc) is 2.55. The van der Waals surface area contributed by atoms with Gasteiger partial charge in [0.2, 0.25) is 11.9 Å². The smallest absolute Gasteiger partial charge is 0.255 e. The number of hydrogen-bond acceptors (Lipinski definition) is 5. The van der Waals surface area contributed by atoms with Crippen LogP contribution in [0.3, 0.4) is 0 Å². The van der Waals surface area contributed by atoms with Gasteiger partial charge in [0.1, 0.15) is 6.54 Å². The molecule has 0 aliphatic carbocycles. The van der Waals surface area contributed by atoms with E-state index in [-0.39, 0.29) is 30.9 Å². The van der Waals surface area contributed by atoms with Gasteiger partial charge in [-0.1, -0.05) is 0 Å². The lowest BCUT2D eigenvalue weighted by molar-refractivity contribution is -0.120. The second-order valence-corrected chi connectivity index (χ2v) is 5.78. The quantitative estimate of drug-likeness (QED) is 0.784. The molecule has 0 bridgehead atoms. The maximum absolute atomic E-state index is 12.8. The highest BCUT2D eigenvalue weighted by Gasteiger charge is 2.30. The summed E-state index contributed by atoms with van der Waals surface area (Å²) in [6.45, 7) is 0.488. The van der Waals surface area contributed by atoms with Crippen LogP contribution in [0.2, 0.25) is 0 Å². The third-order valence-electron chi connectivity index (χ3n) is 3.31. The van der Waals surface area contributed by atoms with Crippen LogP contribution in [-0.4, -0.2) is 51.3 Å². The third kappa shape index (κ3) is 3.34. The van der Waals surface area contributed by atoms with E-state index in [1.807, 2.05) is 0 Å². The van der Waals surface area contributed by atoms with E-state index in [0.717, 1.165) is 12.4 Å². The summed E-state index contributed by atoms with van der Waals surface area (Å²) in [5.41, 5.74) is 0.402. The van der Waals surface area contributed by atoms with Crippen LogP contribution in [0.1, 0.15) is 10.4 Å². The van der Waals surface area contributed by atoms with Crippen molar-refractivity contribution in [3.05, 3.63) is 46.7 Å². The molecule has 0 aromatic carbocycles. The molecule has 0 saturated carbocycles. The van der Waals surface area contributed by atoms with Gasteiger partial charge in [-0.2, -0.15) is 0 Å². The summed E-state index contributed by atoms with van der Waals surface area (Å²) in [7, 11) is 0. The molecule has 0 atom stereocenters. The summed E-state index contributed by atoms with van der Waals surface area (Å²) < 4.78 is 13.5. The van der Waals surface area contributed by atoms with Crippen LogP contribution in [0, 0.1) is 5.82 Å². The summed E-state index contributed by atoms with van der Waals surface area (Å²) in [6.07, 6.45) is 5.03. The number of pyridine rings is 1. The molecule has 3 rings (SSSR count). The first-order chi connectivity index (χ1) is 11.0. The molecule has 7 nitrogen and oxygen atoms in total. The van der Waals surface area contributed by atoms with E-state index in [9.17, 15) is 14.0 Å². The van der Waals surface area contributed by atoms with E-state index in [4.69, 9.17) is 0 Å². The van der Waals surface area contributed by atoms with Crippen molar-refractivity contribution in [2.24, 2.45) is 0 Å². The first-order valence-electron chi connectivity index (χ1n) is 6.72. The van der Waals surface area contributed by atoms with Crippen LogP contribution in [0.5, 0.6) is 0 Å². The van der Waals surface area contributed by atoms with Crippen LogP contribution in [0.15, 0.2) is 35.3 Å². The summed E-state index contributed by atoms with van der Waals surface area (Å²) in [5, 5.41) is 0. The summed E-state index contributed by atoms with van der Waals surface area (Å²) >= 11 is 3.26. The Balaban J connectivity index is 1.72. The van der Waals surface area contributed by atoms with E-state index in [0.29, 0.717) is 16.6 Å². The highest BCUT2D eigenvalue weighted by molar-refractivity contribution is 9.10. The van der Waals surface area contributed by atoms with Gasteiger partial charge < -0.3 is 4.90 Å². The number of nitrogens with zero attached hydrogens (tertiary/aromatic N) is 5. The molecule has 1 saturated heterocycles. The molecule has 23 heavy (non-hydrogen) atoms. The largest absolute Gasteiger partial charge is 0.327 e. The Hall–Kier alpha value is -2.42. The number of halogens is 2. The number of piperazine rings is 1. The van der Waals surface area contributed by atoms with Crippen LogP contribution in [0.25, 0.3) is 0 Å². The van der Waals surface area contributed by atoms with E-state index in [2.05, 4.69) is 30.9 Å². The summed E-state index contributed by atoms with van der Waals surface area (Å²) in [6, 6.07) is 1.65. The second kappa shape index (κ2) is 6.37. The highest BCUT2D eigenvalue weighted by atomic mass is 79.9. The van der Waals surface area contributed by atoms with Gasteiger partial charge in [0, 0.05) is 30.0 Å². The van der Waals surface area contributed by atoms with Crippen molar-refractivity contribution in [1.29, 1.82) is 0 Å². The molecular formula is C14H11BrFN5O2. The number of aromatic nitrogens is 3. The minimum absolute atomic E-state index is 0.0912. The Morgan fingerprint density at radius 1 is 1.17 bits per heavy atom. The molecule has 1 aliphatic heterocycles. The van der Waals surface area contributed by atoms with Crippen molar-refractivity contribution < 1.29 is 14.0 Å². The van der Waals surface area contributed by atoms with Crippen LogP contribution in [0.4, 0.5) is 10.3 Å². The normalized spacial score (nSPS) is 15.0. The summed E-state index contributed by atoms with van der Waals surface area (Å²) in [4.78, 5) is 38.9. The predicted octanol–water partition coefficient (Wildman–Crippen LogP) is 1.26. The molecule has 118 valence electrons. The Morgan fingerprint density at radius 2 is 1.91 bits per heavy atom. The molecule has 1 aliphatic rings. The van der Waals surface area contributed by atoms with Crippen LogP contribution in [-0.2, 0) is 4.79 Å². The van der Waals surface area contributed by atoms with Gasteiger partial charge >= 0.3 is 0 Å². The first kappa shape index (κ1) is 15.5. The fourth-order valence-electron chi connectivity index (χ4n) is 2.21. The van der Waals surface area contributed by atoms with Gasteiger partial charge in [0.25, 0.3) is 5.91 Å². The van der Waals surface area contributed by atoms with Crippen molar-refractivity contribution in [2.45, 2.75) is 0 Å². The predicted molar refractivity (Wildman–Crippen MR) is 82.2 cm³/mol. The fraction of sp³-hybridized carbons (Fsp3) is 0.214. The molecule has 9 heteroatoms. The molecule has 0 unspecified atom stereocenters. The SMILES string of the molecule is O=C(c1cncc(Br)c1)N1CCN(c2ncc(F)cn2)C(=O)C1. The minimum Gasteiger partial charge on any atom is -0.327 e. The van der Waals surface area contributed by atoms with Gasteiger partial charge in [-0.3, -0.25) is 19.5 Å². The lowest BCUT2D eigenvalue weighted by Crippen LogP contribution is -2.52. The van der Waals surface area contributed by atoms with Crippen molar-refractivity contribution >= 4 is 33.7 Å². The Kier molecular flexibility index (Phi) is 4.28. The third-order valence-corrected chi connectivity index (χ3v) is 3.74. The minimum atomic E-state index is -0.572. The van der Waals surface area contributed by atoms with Gasteiger partial charge in [0.05, 0.1) is 18.0 Å². The van der Waals surface area contributed by atoms with Gasteiger partial charge in [-0.25, -0.2) is 14.4 Å². The highest BCUT2D eigenvalue weighted by Crippen LogP contribution is 2.16. The van der Waals surface area contributed by atoms with E-state index >= 15 is 0 Å². The van der Waals surface area contributed by atoms with Gasteiger partial charge in [-0.15, -0.1) is 0 Å². The van der Waals surface area contributed by atoms with E-state index in [1.54, 1.807) is 12.3 Å². The standard InChI is InChI=1S/C14H11BrFN5O2/c15-10-3-9(4-17-5-10)13(23)20-1-2-21(12(22)8-20)14-18-6-11(16)7-19-14/h3-7H,1-2,8H2. The topological polar surface area (TPSA) is 79.3 Å². The van der Waals surface area contributed by atoms with Crippen molar-refractivity contribution in [2.75, 3.05) is 24.5 Å². The molecule has 2 aromatic heterocycles.